The predicted octanol–water partition coefficient (Wildman–Crippen LogP) is 2.13. The van der Waals surface area contributed by atoms with E-state index in [-0.39, 0.29) is 18.1 Å². The van der Waals surface area contributed by atoms with E-state index in [9.17, 15) is 4.79 Å². The number of fused-ring (bicyclic) bond motifs is 1. The summed E-state index contributed by atoms with van der Waals surface area (Å²) >= 11 is 0. The van der Waals surface area contributed by atoms with E-state index in [4.69, 9.17) is 6.11 Å². The lowest BCUT2D eigenvalue weighted by atomic mass is 9.85. The minimum Gasteiger partial charge on any atom is -0.455 e. The van der Waals surface area contributed by atoms with Crippen LogP contribution in [0.3, 0.4) is 0 Å². The van der Waals surface area contributed by atoms with E-state index < -0.39 is 5.60 Å². The van der Waals surface area contributed by atoms with Crippen molar-refractivity contribution in [3.05, 3.63) is 29.6 Å². The average Bonchev–Trinajstić information content (AvgIpc) is 2.13. The number of hydrogen-bond donors (Lipinski definition) is 0. The number of rotatable bonds is 0. The molecular weight excluding hydrogens is 178 g/mol. The molecule has 1 aromatic heterocycles. The van der Waals surface area contributed by atoms with Crippen molar-refractivity contribution in [2.24, 2.45) is 0 Å². The minimum absolute atomic E-state index is 0.00972. The summed E-state index contributed by atoms with van der Waals surface area (Å²) in [5, 5.41) is 0. The fourth-order valence-corrected chi connectivity index (χ4v) is 1.59. The molecule has 0 saturated heterocycles. The highest BCUT2D eigenvalue weighted by atomic mass is 16.6. The molecule has 0 N–H and O–H groups in total. The number of ether oxygens (including phenoxy) is 1. The van der Waals surface area contributed by atoms with E-state index in [1.807, 2.05) is 20.8 Å². The number of cyclic esters (lactones) is 1. The van der Waals surface area contributed by atoms with Crippen molar-refractivity contribution < 1.29 is 10.9 Å². The van der Waals surface area contributed by atoms with Gasteiger partial charge in [0, 0.05) is 12.1 Å². The molecular formula is C11H13NO2. The van der Waals surface area contributed by atoms with Crippen molar-refractivity contribution in [2.45, 2.75) is 32.3 Å². The number of aromatic nitrogens is 1. The minimum atomic E-state index is -0.551. The molecule has 0 saturated carbocycles. The van der Waals surface area contributed by atoms with Gasteiger partial charge in [-0.2, -0.15) is 0 Å². The molecule has 1 aliphatic heterocycles. The Morgan fingerprint density at radius 2 is 2.36 bits per heavy atom. The lowest BCUT2D eigenvalue weighted by molar-refractivity contribution is -0.0190. The van der Waals surface area contributed by atoms with E-state index in [0.717, 1.165) is 0 Å². The third-order valence-electron chi connectivity index (χ3n) is 2.81. The van der Waals surface area contributed by atoms with Crippen LogP contribution in [0.2, 0.25) is 0 Å². The van der Waals surface area contributed by atoms with Gasteiger partial charge in [0.2, 0.25) is 0 Å². The van der Waals surface area contributed by atoms with Gasteiger partial charge >= 0.3 is 5.97 Å². The van der Waals surface area contributed by atoms with E-state index >= 15 is 0 Å². The number of carbonyl (C=O) groups is 1. The van der Waals surface area contributed by atoms with Gasteiger partial charge in [-0.25, -0.2) is 4.79 Å². The highest BCUT2D eigenvalue weighted by molar-refractivity contribution is 5.92. The molecule has 0 spiro atoms. The molecule has 1 aliphatic rings. The van der Waals surface area contributed by atoms with Gasteiger partial charge in [-0.3, -0.25) is 4.98 Å². The van der Waals surface area contributed by atoms with E-state index in [1.165, 1.54) is 6.07 Å². The van der Waals surface area contributed by atoms with Crippen molar-refractivity contribution >= 4 is 5.97 Å². The van der Waals surface area contributed by atoms with Crippen molar-refractivity contribution in [3.63, 3.8) is 0 Å². The Balaban J connectivity index is 2.60. The summed E-state index contributed by atoms with van der Waals surface area (Å²) in [5.41, 5.74) is 0.604. The first-order valence-electron chi connectivity index (χ1n) is 5.12. The molecule has 0 aromatic carbocycles. The van der Waals surface area contributed by atoms with Crippen molar-refractivity contribution in [2.75, 3.05) is 0 Å². The van der Waals surface area contributed by atoms with Gasteiger partial charge in [-0.05, 0) is 26.0 Å². The van der Waals surface area contributed by atoms with Gasteiger partial charge in [-0.15, -0.1) is 0 Å². The van der Waals surface area contributed by atoms with Crippen molar-refractivity contribution in [1.29, 1.82) is 0 Å². The molecule has 1 aromatic rings. The third-order valence-corrected chi connectivity index (χ3v) is 2.81. The van der Waals surface area contributed by atoms with Crippen LogP contribution in [-0.4, -0.2) is 16.6 Å². The monoisotopic (exact) mass is 192 g/mol. The Labute approximate surface area is 84.5 Å². The molecule has 1 unspecified atom stereocenters. The van der Waals surface area contributed by atoms with Crippen LogP contribution in [0.5, 0.6) is 0 Å². The summed E-state index contributed by atoms with van der Waals surface area (Å²) in [5.74, 6) is -0.337. The summed E-state index contributed by atoms with van der Waals surface area (Å²) in [6.07, 6.45) is 0.186. The first kappa shape index (κ1) is 7.97. The van der Waals surface area contributed by atoms with E-state index in [2.05, 4.69) is 4.98 Å². The molecule has 0 amide bonds. The summed E-state index contributed by atoms with van der Waals surface area (Å²) in [7, 11) is 0. The first-order valence-corrected chi connectivity index (χ1v) is 4.62. The van der Waals surface area contributed by atoms with Crippen LogP contribution < -0.4 is 0 Å². The second kappa shape index (κ2) is 2.80. The van der Waals surface area contributed by atoms with Crippen LogP contribution in [0.25, 0.3) is 0 Å². The second-order valence-corrected chi connectivity index (χ2v) is 4.09. The highest BCUT2D eigenvalue weighted by Gasteiger charge is 2.39. The fraction of sp³-hybridized carbons (Fsp3) is 0.455. The number of esters is 1. The van der Waals surface area contributed by atoms with Gasteiger partial charge in [-0.1, -0.05) is 6.92 Å². The number of pyridine rings is 1. The Morgan fingerprint density at radius 1 is 1.64 bits per heavy atom. The normalized spacial score (nSPS) is 24.9. The van der Waals surface area contributed by atoms with Crippen LogP contribution in [0.1, 0.15) is 44.1 Å². The summed E-state index contributed by atoms with van der Waals surface area (Å²) in [4.78, 5) is 15.7. The number of carbonyl (C=O) groups excluding carboxylic acids is 1. The first-order chi connectivity index (χ1) is 6.92. The maximum Gasteiger partial charge on any atom is 0.340 e. The molecule has 0 aliphatic carbocycles. The van der Waals surface area contributed by atoms with Crippen LogP contribution in [0.15, 0.2) is 18.3 Å². The zero-order valence-electron chi connectivity index (χ0n) is 9.50. The standard InChI is InChI=1S/C11H13NO2/c1-7-9-8(5-4-6-12-9)10(13)14-11(7,2)3/h4-7H,1-3H3/i6D. The molecule has 0 fully saturated rings. The maximum atomic E-state index is 11.6. The molecule has 0 bridgehead atoms. The smallest absolute Gasteiger partial charge is 0.340 e. The van der Waals surface area contributed by atoms with Gasteiger partial charge < -0.3 is 4.74 Å². The zero-order chi connectivity index (χ0) is 11.2. The van der Waals surface area contributed by atoms with Gasteiger partial charge in [0.05, 0.1) is 12.6 Å². The Morgan fingerprint density at radius 3 is 3.07 bits per heavy atom. The quantitative estimate of drug-likeness (QED) is 0.591. The summed E-state index contributed by atoms with van der Waals surface area (Å²) in [6.45, 7) is 5.67. The molecule has 3 heteroatoms. The van der Waals surface area contributed by atoms with Gasteiger partial charge in [0.1, 0.15) is 5.60 Å². The largest absolute Gasteiger partial charge is 0.455 e. The zero-order valence-corrected chi connectivity index (χ0v) is 8.50. The molecule has 0 radical (unpaired) electrons. The topological polar surface area (TPSA) is 39.2 Å². The van der Waals surface area contributed by atoms with Gasteiger partial charge in [0.15, 0.2) is 0 Å². The predicted molar refractivity (Wildman–Crippen MR) is 52.1 cm³/mol. The van der Waals surface area contributed by atoms with E-state index in [0.29, 0.717) is 11.3 Å². The van der Waals surface area contributed by atoms with Gasteiger partial charge in [0.25, 0.3) is 0 Å². The second-order valence-electron chi connectivity index (χ2n) is 4.09. The fourth-order valence-electron chi connectivity index (χ4n) is 1.59. The average molecular weight is 192 g/mol. The Kier molecular flexibility index (Phi) is 1.60. The molecule has 14 heavy (non-hydrogen) atoms. The molecule has 74 valence electrons. The lowest BCUT2D eigenvalue weighted by Crippen LogP contribution is -2.39. The summed E-state index contributed by atoms with van der Waals surface area (Å²) in [6, 6.07) is 3.11. The highest BCUT2D eigenvalue weighted by Crippen LogP contribution is 2.36. The molecule has 2 rings (SSSR count). The summed E-state index contributed by atoms with van der Waals surface area (Å²) < 4.78 is 12.8. The van der Waals surface area contributed by atoms with Crippen LogP contribution >= 0.6 is 0 Å². The SMILES string of the molecule is [2H]c1ccc2c(n1)C(C)C(C)(C)OC2=O. The Hall–Kier alpha value is -1.38. The van der Waals surface area contributed by atoms with Crippen LogP contribution in [-0.2, 0) is 4.74 Å². The van der Waals surface area contributed by atoms with Crippen LogP contribution in [0.4, 0.5) is 0 Å². The van der Waals surface area contributed by atoms with Crippen LogP contribution in [0, 0.1) is 0 Å². The maximum absolute atomic E-state index is 11.6. The lowest BCUT2D eigenvalue weighted by Gasteiger charge is -2.36. The third kappa shape index (κ3) is 1.20. The Bertz CT molecular complexity index is 429. The molecule has 1 atom stereocenters. The molecule has 3 nitrogen and oxygen atoms in total. The number of nitrogens with zero attached hydrogens (tertiary/aromatic N) is 1. The van der Waals surface area contributed by atoms with Crippen molar-refractivity contribution in [3.8, 4) is 0 Å². The number of hydrogen-bond acceptors (Lipinski definition) is 3. The molecule has 2 heterocycles. The van der Waals surface area contributed by atoms with Crippen molar-refractivity contribution in [1.82, 2.24) is 4.98 Å². The van der Waals surface area contributed by atoms with E-state index in [1.54, 1.807) is 6.07 Å².